The first kappa shape index (κ1) is 29.1. The average Bonchev–Trinajstić information content (AvgIpc) is 2.49. The molecule has 1 radical (unpaired) electrons. The van der Waals surface area contributed by atoms with E-state index in [0.717, 1.165) is 0 Å². The van der Waals surface area contributed by atoms with Crippen molar-refractivity contribution in [1.82, 2.24) is 0 Å². The third kappa shape index (κ3) is 6.27. The van der Waals surface area contributed by atoms with E-state index in [0.29, 0.717) is 0 Å². The van der Waals surface area contributed by atoms with E-state index in [4.69, 9.17) is 10.2 Å². The van der Waals surface area contributed by atoms with Crippen LogP contribution in [-0.2, 0) is 40.8 Å². The van der Waals surface area contributed by atoms with Crippen molar-refractivity contribution in [2.75, 3.05) is 0 Å². The molecule has 5 N–H and O–H groups in total. The Morgan fingerprint density at radius 2 is 1.38 bits per heavy atom. The minimum Gasteiger partial charge on any atom is 0 e. The summed E-state index contributed by atoms with van der Waals surface area (Å²) >= 11 is 0. The molecule has 0 saturated heterocycles. The molecular weight excluding hydrogens is 414 g/mol. The van der Waals surface area contributed by atoms with Gasteiger partial charge in [-0.1, -0.05) is 20.8 Å². The molecule has 0 spiro atoms. The van der Waals surface area contributed by atoms with Gasteiger partial charge in [-0.15, -0.1) is 0 Å². The Morgan fingerprint density at radius 1 is 0.962 bits per heavy atom. The number of hydrogen-bond acceptors (Lipinski definition) is 6. The summed E-state index contributed by atoms with van der Waals surface area (Å²) in [5, 5.41) is 45.7. The van der Waals surface area contributed by atoms with E-state index in [1.165, 1.54) is 20.8 Å². The molecule has 0 aliphatic rings. The number of aliphatic carboxylic acids is 4. The largest absolute Gasteiger partial charge is 0 e. The van der Waals surface area contributed by atoms with Gasteiger partial charge in [0.1, 0.15) is 5.41 Å². The Kier molecular flexibility index (Phi) is 14.2. The van der Waals surface area contributed by atoms with Gasteiger partial charge in [0.15, 0.2) is 5.60 Å². The molecule has 0 amide bonds. The molecule has 0 heterocycles. The van der Waals surface area contributed by atoms with Gasteiger partial charge >= 0.3 is 51.9 Å². The van der Waals surface area contributed by atoms with E-state index < -0.39 is 48.7 Å². The Balaban J connectivity index is -0.000000649. The zero-order valence-corrected chi connectivity index (χ0v) is 16.4. The van der Waals surface area contributed by atoms with Crippen molar-refractivity contribution < 1.29 is 66.3 Å². The fourth-order valence-corrected chi connectivity index (χ4v) is 2.71. The zero-order valence-electron chi connectivity index (χ0n) is 14.3. The Morgan fingerprint density at radius 3 is 1.50 bits per heavy atom. The predicted octanol–water partition coefficient (Wildman–Crippen LogP) is 1.12. The van der Waals surface area contributed by atoms with Crippen molar-refractivity contribution in [2.45, 2.75) is 45.6 Å². The van der Waals surface area contributed by atoms with E-state index >= 15 is 0 Å². The molecular formula is C14H21MnO10P. The first-order valence-electron chi connectivity index (χ1n) is 7.15. The minimum absolute atomic E-state index is 0. The van der Waals surface area contributed by atoms with Crippen LogP contribution < -0.4 is 0 Å². The van der Waals surface area contributed by atoms with Gasteiger partial charge < -0.3 is 20.4 Å². The maximum atomic E-state index is 11.5. The van der Waals surface area contributed by atoms with Crippen molar-refractivity contribution >= 4 is 31.8 Å². The summed E-state index contributed by atoms with van der Waals surface area (Å²) in [5.41, 5.74) is -3.36. The average molecular weight is 435 g/mol. The van der Waals surface area contributed by atoms with Crippen LogP contribution in [0.3, 0.4) is 0 Å². The topological polar surface area (TPSA) is 186 Å². The molecule has 12 heteroatoms. The minimum atomic E-state index is -2.86. The van der Waals surface area contributed by atoms with Crippen LogP contribution in [0.5, 0.6) is 0 Å². The fourth-order valence-electron chi connectivity index (χ4n) is 2.63. The quantitative estimate of drug-likeness (QED) is 0.273. The second-order valence-corrected chi connectivity index (χ2v) is 5.38. The SMILES string of the molecule is CCC(C(=O)O)C(O)(C(=O)O)C(CC)(CC)C(=O)O.O=P#CC(=O)O.[Mn]. The Bertz CT molecular complexity index is 625. The molecule has 0 bridgehead atoms. The molecule has 0 aliphatic carbocycles. The second kappa shape index (κ2) is 12.7. The number of carboxylic acids is 4. The van der Waals surface area contributed by atoms with E-state index in [-0.39, 0.29) is 36.3 Å². The van der Waals surface area contributed by atoms with Crippen LogP contribution in [0.2, 0.25) is 0 Å². The first-order chi connectivity index (χ1) is 11.4. The van der Waals surface area contributed by atoms with Crippen LogP contribution in [0.15, 0.2) is 0 Å². The Hall–Kier alpha value is -1.63. The Labute approximate surface area is 161 Å². The van der Waals surface area contributed by atoms with Gasteiger partial charge in [-0.3, -0.25) is 9.59 Å². The maximum Gasteiger partial charge on any atom is 0 e. The standard InChI is InChI=1S/C12H20O7.C2HO3P.Mn/c1-4-7(8(13)14)12(19,10(17)18)11(5-2,6-3)9(15)16;3-2(4)1-6-5;/h7,19H,4-6H2,1-3H3,(H,13,14)(H,15,16)(H,17,18);(H,3,4);. The summed E-state index contributed by atoms with van der Waals surface area (Å²) in [5.74, 6) is -7.84. The van der Waals surface area contributed by atoms with Gasteiger partial charge in [0.05, 0.1) is 5.92 Å². The maximum absolute atomic E-state index is 11.5. The monoisotopic (exact) mass is 435 g/mol. The number of carboxylic acid groups (broad SMARTS) is 4. The van der Waals surface area contributed by atoms with Crippen LogP contribution in [0.25, 0.3) is 0 Å². The summed E-state index contributed by atoms with van der Waals surface area (Å²) in [4.78, 5) is 43.3. The molecule has 10 nitrogen and oxygen atoms in total. The van der Waals surface area contributed by atoms with Crippen LogP contribution in [0, 0.1) is 17.0 Å². The van der Waals surface area contributed by atoms with Crippen LogP contribution >= 0.6 is 7.92 Å². The van der Waals surface area contributed by atoms with Gasteiger partial charge in [-0.05, 0) is 19.3 Å². The van der Waals surface area contributed by atoms with Gasteiger partial charge in [0.25, 0.3) is 0 Å². The number of hydrogen-bond donors (Lipinski definition) is 5. The molecule has 0 saturated carbocycles. The fraction of sp³-hybridized carbons (Fsp3) is 0.643. The molecule has 0 aromatic carbocycles. The van der Waals surface area contributed by atoms with Crippen molar-refractivity contribution in [1.29, 1.82) is 0 Å². The predicted molar refractivity (Wildman–Crippen MR) is 83.8 cm³/mol. The summed E-state index contributed by atoms with van der Waals surface area (Å²) in [6.45, 7) is 4.23. The van der Waals surface area contributed by atoms with Gasteiger partial charge in [-0.25, -0.2) is 4.79 Å². The van der Waals surface area contributed by atoms with Gasteiger partial charge in [0.2, 0.25) is 0 Å². The normalized spacial score (nSPS) is 13.4. The number of rotatable bonds is 8. The van der Waals surface area contributed by atoms with Gasteiger partial charge in [-0.2, -0.15) is 0 Å². The molecule has 0 fully saturated rings. The van der Waals surface area contributed by atoms with Crippen LogP contribution in [0.4, 0.5) is 0 Å². The summed E-state index contributed by atoms with van der Waals surface area (Å²) in [6.07, 6.45) is -0.565. The van der Waals surface area contributed by atoms with E-state index in [1.54, 1.807) is 5.63 Å². The summed E-state index contributed by atoms with van der Waals surface area (Å²) < 4.78 is 9.22. The summed E-state index contributed by atoms with van der Waals surface area (Å²) in [7, 11) is -0.576. The number of carbonyl (C=O) groups is 4. The van der Waals surface area contributed by atoms with Crippen LogP contribution in [0.1, 0.15) is 40.0 Å². The third-order valence-electron chi connectivity index (χ3n) is 4.02. The molecule has 2 unspecified atom stereocenters. The third-order valence-corrected chi connectivity index (χ3v) is 4.31. The molecule has 2 atom stereocenters. The van der Waals surface area contributed by atoms with Crippen molar-refractivity contribution in [3.63, 3.8) is 0 Å². The molecule has 26 heavy (non-hydrogen) atoms. The molecule has 0 aliphatic heterocycles. The first-order valence-corrected chi connectivity index (χ1v) is 7.97. The van der Waals surface area contributed by atoms with E-state index in [1.807, 2.05) is 0 Å². The van der Waals surface area contributed by atoms with Crippen molar-refractivity contribution in [2.24, 2.45) is 11.3 Å². The van der Waals surface area contributed by atoms with Crippen molar-refractivity contribution in [3.8, 4) is 5.63 Å². The van der Waals surface area contributed by atoms with E-state index in [9.17, 15) is 39.1 Å². The summed E-state index contributed by atoms with van der Waals surface area (Å²) in [6, 6.07) is 0. The molecule has 0 aromatic rings. The molecule has 149 valence electrons. The molecule has 0 rings (SSSR count). The molecule has 0 aromatic heterocycles. The smallest absolute Gasteiger partial charge is 0 e. The van der Waals surface area contributed by atoms with Crippen molar-refractivity contribution in [3.05, 3.63) is 0 Å². The second-order valence-electron chi connectivity index (χ2n) is 4.97. The van der Waals surface area contributed by atoms with Gasteiger partial charge in [0, 0.05) is 17.1 Å². The van der Waals surface area contributed by atoms with E-state index in [2.05, 4.69) is 0 Å². The number of aliphatic hydroxyl groups is 1. The zero-order chi connectivity index (χ0) is 20.4. The van der Waals surface area contributed by atoms with Crippen LogP contribution in [-0.4, -0.2) is 55.0 Å².